The topological polar surface area (TPSA) is 66.0 Å². The van der Waals surface area contributed by atoms with E-state index in [1.807, 2.05) is 12.3 Å². The van der Waals surface area contributed by atoms with Crippen LogP contribution in [0, 0.1) is 0 Å². The lowest BCUT2D eigenvalue weighted by Gasteiger charge is -2.08. The molecule has 0 saturated heterocycles. The lowest BCUT2D eigenvalue weighted by Crippen LogP contribution is -2.29. The van der Waals surface area contributed by atoms with E-state index in [0.717, 1.165) is 18.7 Å². The molecule has 1 heterocycles. The fraction of sp³-hybridized carbons (Fsp3) is 0.636. The predicted molar refractivity (Wildman–Crippen MR) is 71.5 cm³/mol. The smallest absolute Gasteiger partial charge is 0.321 e. The number of thiazole rings is 1. The normalized spacial score (nSPS) is 12.2. The van der Waals surface area contributed by atoms with Crippen LogP contribution in [0.2, 0.25) is 0 Å². The van der Waals surface area contributed by atoms with Crippen molar-refractivity contribution in [2.45, 2.75) is 33.2 Å². The van der Waals surface area contributed by atoms with Crippen molar-refractivity contribution < 1.29 is 4.79 Å². The van der Waals surface area contributed by atoms with Gasteiger partial charge in [0.15, 0.2) is 5.13 Å². The van der Waals surface area contributed by atoms with Gasteiger partial charge in [-0.05, 0) is 19.9 Å². The Hall–Kier alpha value is -1.14. The van der Waals surface area contributed by atoms with Gasteiger partial charge < -0.3 is 10.6 Å². The summed E-state index contributed by atoms with van der Waals surface area (Å²) in [5, 5.41) is 11.3. The highest BCUT2D eigenvalue weighted by Gasteiger charge is 2.10. The maximum absolute atomic E-state index is 11.4. The molecule has 0 aliphatic rings. The molecule has 1 unspecified atom stereocenters. The number of carbonyl (C=O) groups is 1. The van der Waals surface area contributed by atoms with Crippen LogP contribution < -0.4 is 16.0 Å². The van der Waals surface area contributed by atoms with Gasteiger partial charge in [0.1, 0.15) is 0 Å². The summed E-state index contributed by atoms with van der Waals surface area (Å²) in [4.78, 5) is 15.8. The molecule has 6 heteroatoms. The molecule has 5 nitrogen and oxygen atoms in total. The zero-order valence-electron chi connectivity index (χ0n) is 10.5. The third kappa shape index (κ3) is 4.70. The van der Waals surface area contributed by atoms with Crippen LogP contribution in [0.3, 0.4) is 0 Å². The van der Waals surface area contributed by atoms with E-state index in [1.54, 1.807) is 0 Å². The Morgan fingerprint density at radius 2 is 2.29 bits per heavy atom. The van der Waals surface area contributed by atoms with Crippen LogP contribution >= 0.6 is 11.3 Å². The first-order valence-corrected chi connectivity index (χ1v) is 6.79. The largest absolute Gasteiger partial charge is 0.338 e. The molecule has 1 aromatic heterocycles. The number of carbonyl (C=O) groups excluding carboxylic acids is 1. The average molecular weight is 256 g/mol. The average Bonchev–Trinajstić information content (AvgIpc) is 2.75. The first kappa shape index (κ1) is 13.9. The number of nitrogens with one attached hydrogen (secondary N) is 3. The van der Waals surface area contributed by atoms with Crippen LogP contribution in [-0.2, 0) is 0 Å². The number of amides is 2. The molecule has 0 aliphatic carbocycles. The van der Waals surface area contributed by atoms with Crippen LogP contribution in [0.25, 0.3) is 0 Å². The summed E-state index contributed by atoms with van der Waals surface area (Å²) in [5.41, 5.74) is 0.961. The second-order valence-electron chi connectivity index (χ2n) is 3.74. The highest BCUT2D eigenvalue weighted by molar-refractivity contribution is 7.13. The molecule has 0 aliphatic heterocycles. The highest BCUT2D eigenvalue weighted by Crippen LogP contribution is 2.20. The van der Waals surface area contributed by atoms with E-state index >= 15 is 0 Å². The van der Waals surface area contributed by atoms with E-state index in [1.165, 1.54) is 11.3 Å². The quantitative estimate of drug-likeness (QED) is 0.732. The minimum Gasteiger partial charge on any atom is -0.338 e. The SMILES string of the molecule is CCCNC(=O)Nc1nc(C(C)NCC)cs1. The summed E-state index contributed by atoms with van der Waals surface area (Å²) >= 11 is 1.44. The van der Waals surface area contributed by atoms with Crippen molar-refractivity contribution in [3.63, 3.8) is 0 Å². The van der Waals surface area contributed by atoms with Gasteiger partial charge in [-0.25, -0.2) is 9.78 Å². The minimum absolute atomic E-state index is 0.191. The lowest BCUT2D eigenvalue weighted by molar-refractivity contribution is 0.252. The number of urea groups is 1. The molecule has 1 atom stereocenters. The Kier molecular flexibility index (Phi) is 5.93. The molecule has 0 fully saturated rings. The van der Waals surface area contributed by atoms with Gasteiger partial charge in [0.25, 0.3) is 0 Å². The first-order chi connectivity index (χ1) is 8.17. The van der Waals surface area contributed by atoms with E-state index in [9.17, 15) is 4.79 Å². The van der Waals surface area contributed by atoms with E-state index in [4.69, 9.17) is 0 Å². The molecular weight excluding hydrogens is 236 g/mol. The third-order valence-corrected chi connectivity index (χ3v) is 3.01. The standard InChI is InChI=1S/C11H20N4OS/c1-4-6-13-10(16)15-11-14-9(7-17-11)8(3)12-5-2/h7-8,12H,4-6H2,1-3H3,(H2,13,14,15,16). The van der Waals surface area contributed by atoms with Crippen molar-refractivity contribution in [2.75, 3.05) is 18.4 Å². The molecule has 0 radical (unpaired) electrons. The third-order valence-electron chi connectivity index (χ3n) is 2.23. The maximum atomic E-state index is 11.4. The van der Waals surface area contributed by atoms with Crippen LogP contribution in [0.5, 0.6) is 0 Å². The van der Waals surface area contributed by atoms with Crippen LogP contribution in [0.15, 0.2) is 5.38 Å². The summed E-state index contributed by atoms with van der Waals surface area (Å²) in [7, 11) is 0. The molecule has 0 bridgehead atoms. The van der Waals surface area contributed by atoms with Crippen molar-refractivity contribution in [1.82, 2.24) is 15.6 Å². The Morgan fingerprint density at radius 3 is 2.94 bits per heavy atom. The van der Waals surface area contributed by atoms with Gasteiger partial charge in [-0.3, -0.25) is 5.32 Å². The monoisotopic (exact) mass is 256 g/mol. The molecule has 1 rings (SSSR count). The van der Waals surface area contributed by atoms with Gasteiger partial charge in [0.05, 0.1) is 5.69 Å². The second-order valence-corrected chi connectivity index (χ2v) is 4.60. The molecule has 0 spiro atoms. The predicted octanol–water partition coefficient (Wildman–Crippen LogP) is 2.35. The first-order valence-electron chi connectivity index (χ1n) is 5.91. The molecule has 17 heavy (non-hydrogen) atoms. The van der Waals surface area contributed by atoms with E-state index in [0.29, 0.717) is 11.7 Å². The van der Waals surface area contributed by atoms with Crippen molar-refractivity contribution >= 4 is 22.5 Å². The number of rotatable bonds is 6. The second kappa shape index (κ2) is 7.24. The summed E-state index contributed by atoms with van der Waals surface area (Å²) in [6.07, 6.45) is 0.925. The number of nitrogens with zero attached hydrogens (tertiary/aromatic N) is 1. The number of hydrogen-bond acceptors (Lipinski definition) is 4. The lowest BCUT2D eigenvalue weighted by atomic mass is 10.3. The summed E-state index contributed by atoms with van der Waals surface area (Å²) in [5.74, 6) is 0. The Bertz CT molecular complexity index is 353. The maximum Gasteiger partial charge on any atom is 0.321 e. The number of aromatic nitrogens is 1. The van der Waals surface area contributed by atoms with Crippen LogP contribution in [0.1, 0.15) is 38.9 Å². The number of hydrogen-bond donors (Lipinski definition) is 3. The summed E-state index contributed by atoms with van der Waals surface area (Å²) in [6, 6.07) is 0.0226. The Balaban J connectivity index is 2.47. The summed E-state index contributed by atoms with van der Waals surface area (Å²) < 4.78 is 0. The summed E-state index contributed by atoms with van der Waals surface area (Å²) in [6.45, 7) is 7.70. The minimum atomic E-state index is -0.191. The van der Waals surface area contributed by atoms with Crippen LogP contribution in [0.4, 0.5) is 9.93 Å². The molecular formula is C11H20N4OS. The van der Waals surface area contributed by atoms with Crippen molar-refractivity contribution in [1.29, 1.82) is 0 Å². The van der Waals surface area contributed by atoms with Gasteiger partial charge in [-0.2, -0.15) is 0 Å². The van der Waals surface area contributed by atoms with Gasteiger partial charge in [-0.1, -0.05) is 13.8 Å². The highest BCUT2D eigenvalue weighted by atomic mass is 32.1. The van der Waals surface area contributed by atoms with Crippen LogP contribution in [-0.4, -0.2) is 24.1 Å². The van der Waals surface area contributed by atoms with Gasteiger partial charge in [-0.15, -0.1) is 11.3 Å². The number of anilines is 1. The van der Waals surface area contributed by atoms with Gasteiger partial charge in [0, 0.05) is 18.0 Å². The van der Waals surface area contributed by atoms with E-state index in [2.05, 4.69) is 34.8 Å². The Labute approximate surface area is 106 Å². The van der Waals surface area contributed by atoms with Crippen molar-refractivity contribution in [3.8, 4) is 0 Å². The molecule has 96 valence electrons. The molecule has 1 aromatic rings. The molecule has 0 aromatic carbocycles. The molecule has 3 N–H and O–H groups in total. The van der Waals surface area contributed by atoms with Crippen molar-refractivity contribution in [2.24, 2.45) is 0 Å². The Morgan fingerprint density at radius 1 is 1.53 bits per heavy atom. The zero-order valence-corrected chi connectivity index (χ0v) is 11.4. The zero-order chi connectivity index (χ0) is 12.7. The molecule has 2 amide bonds. The fourth-order valence-corrected chi connectivity index (χ4v) is 2.13. The van der Waals surface area contributed by atoms with E-state index < -0.39 is 0 Å². The van der Waals surface area contributed by atoms with Crippen molar-refractivity contribution in [3.05, 3.63) is 11.1 Å². The fourth-order valence-electron chi connectivity index (χ4n) is 1.33. The van der Waals surface area contributed by atoms with Gasteiger partial charge in [0.2, 0.25) is 0 Å². The molecule has 0 saturated carbocycles. The van der Waals surface area contributed by atoms with Gasteiger partial charge >= 0.3 is 6.03 Å². The van der Waals surface area contributed by atoms with E-state index in [-0.39, 0.29) is 12.1 Å².